The molecule has 0 bridgehead atoms. The standard InChI is InChI=1S/C24H32N2O4/c1-4-29-22-17-21(26-11-13-28-14-12-26)23(30-5-2)16-20(22)25-24(27)15-18(3)19-9-7-6-8-10-19/h6-10,16-18H,4-5,11-15H2,1-3H3,(H,25,27)/t18-/m1/s1. The number of nitrogens with zero attached hydrogens (tertiary/aromatic N) is 1. The van der Waals surface area contributed by atoms with Gasteiger partial charge in [0.05, 0.1) is 37.8 Å². The Kier molecular flexibility index (Phi) is 7.97. The SMILES string of the molecule is CCOc1cc(N2CCOCC2)c(OCC)cc1NC(=O)C[C@@H](C)c1ccccc1. The van der Waals surface area contributed by atoms with E-state index in [1.165, 1.54) is 0 Å². The van der Waals surface area contributed by atoms with E-state index in [-0.39, 0.29) is 11.8 Å². The van der Waals surface area contributed by atoms with Crippen molar-refractivity contribution in [3.8, 4) is 11.5 Å². The highest BCUT2D eigenvalue weighted by atomic mass is 16.5. The number of amides is 1. The lowest BCUT2D eigenvalue weighted by Gasteiger charge is -2.31. The van der Waals surface area contributed by atoms with E-state index in [0.717, 1.165) is 30.1 Å². The molecular formula is C24H32N2O4. The Morgan fingerprint density at radius 2 is 1.73 bits per heavy atom. The summed E-state index contributed by atoms with van der Waals surface area (Å²) in [7, 11) is 0. The molecule has 2 aromatic rings. The van der Waals surface area contributed by atoms with Gasteiger partial charge in [0.25, 0.3) is 0 Å². The van der Waals surface area contributed by atoms with Gasteiger partial charge in [0.2, 0.25) is 5.91 Å². The first-order chi connectivity index (χ1) is 14.6. The zero-order valence-corrected chi connectivity index (χ0v) is 18.1. The number of anilines is 2. The third kappa shape index (κ3) is 5.66. The van der Waals surface area contributed by atoms with Crippen molar-refractivity contribution in [1.29, 1.82) is 0 Å². The molecule has 0 unspecified atom stereocenters. The maximum absolute atomic E-state index is 12.8. The fraction of sp³-hybridized carbons (Fsp3) is 0.458. The van der Waals surface area contributed by atoms with E-state index in [1.54, 1.807) is 0 Å². The molecule has 1 amide bonds. The highest BCUT2D eigenvalue weighted by Crippen LogP contribution is 2.39. The summed E-state index contributed by atoms with van der Waals surface area (Å²) in [4.78, 5) is 15.0. The van der Waals surface area contributed by atoms with Crippen LogP contribution in [0.1, 0.15) is 38.7 Å². The Hall–Kier alpha value is -2.73. The van der Waals surface area contributed by atoms with Crippen LogP contribution in [0, 0.1) is 0 Å². The number of rotatable bonds is 9. The van der Waals surface area contributed by atoms with Crippen LogP contribution >= 0.6 is 0 Å². The summed E-state index contributed by atoms with van der Waals surface area (Å²) in [5.74, 6) is 1.48. The Bertz CT molecular complexity index is 819. The lowest BCUT2D eigenvalue weighted by molar-refractivity contribution is -0.116. The first-order valence-corrected chi connectivity index (χ1v) is 10.7. The van der Waals surface area contributed by atoms with Gasteiger partial charge < -0.3 is 24.4 Å². The summed E-state index contributed by atoms with van der Waals surface area (Å²) in [5, 5.41) is 3.04. The second-order valence-electron chi connectivity index (χ2n) is 7.35. The lowest BCUT2D eigenvalue weighted by atomic mass is 9.97. The first kappa shape index (κ1) is 22.0. The summed E-state index contributed by atoms with van der Waals surface area (Å²) in [5.41, 5.74) is 2.76. The van der Waals surface area contributed by atoms with E-state index in [2.05, 4.69) is 17.1 Å². The van der Waals surface area contributed by atoms with Crippen molar-refractivity contribution in [2.75, 3.05) is 49.7 Å². The van der Waals surface area contributed by atoms with E-state index in [0.29, 0.717) is 44.3 Å². The second kappa shape index (κ2) is 10.9. The molecule has 2 aromatic carbocycles. The van der Waals surface area contributed by atoms with Crippen molar-refractivity contribution >= 4 is 17.3 Å². The zero-order valence-electron chi connectivity index (χ0n) is 18.1. The Morgan fingerprint density at radius 3 is 2.40 bits per heavy atom. The number of hydrogen-bond donors (Lipinski definition) is 1. The van der Waals surface area contributed by atoms with E-state index in [4.69, 9.17) is 14.2 Å². The average Bonchev–Trinajstić information content (AvgIpc) is 2.77. The van der Waals surface area contributed by atoms with Crippen LogP contribution < -0.4 is 19.7 Å². The van der Waals surface area contributed by atoms with Crippen molar-refractivity contribution in [2.45, 2.75) is 33.1 Å². The molecule has 1 N–H and O–H groups in total. The van der Waals surface area contributed by atoms with Crippen LogP contribution in [-0.2, 0) is 9.53 Å². The highest BCUT2D eigenvalue weighted by Gasteiger charge is 2.21. The minimum Gasteiger partial charge on any atom is -0.492 e. The van der Waals surface area contributed by atoms with Crippen LogP contribution in [0.3, 0.4) is 0 Å². The molecule has 1 aliphatic rings. The van der Waals surface area contributed by atoms with Crippen molar-refractivity contribution < 1.29 is 19.0 Å². The van der Waals surface area contributed by atoms with Gasteiger partial charge in [-0.05, 0) is 25.3 Å². The summed E-state index contributed by atoms with van der Waals surface area (Å²) in [6.07, 6.45) is 0.394. The van der Waals surface area contributed by atoms with Gasteiger partial charge in [0.1, 0.15) is 11.5 Å². The molecule has 0 spiro atoms. The average molecular weight is 413 g/mol. The number of carbonyl (C=O) groups excluding carboxylic acids is 1. The van der Waals surface area contributed by atoms with E-state index in [1.807, 2.05) is 56.3 Å². The smallest absolute Gasteiger partial charge is 0.225 e. The van der Waals surface area contributed by atoms with Gasteiger partial charge in [-0.25, -0.2) is 0 Å². The van der Waals surface area contributed by atoms with Crippen molar-refractivity contribution in [3.05, 3.63) is 48.0 Å². The Morgan fingerprint density at radius 1 is 1.07 bits per heavy atom. The largest absolute Gasteiger partial charge is 0.492 e. The minimum atomic E-state index is -0.0473. The first-order valence-electron chi connectivity index (χ1n) is 10.7. The van der Waals surface area contributed by atoms with Gasteiger partial charge in [0.15, 0.2) is 0 Å². The highest BCUT2D eigenvalue weighted by molar-refractivity contribution is 5.94. The molecule has 0 aliphatic carbocycles. The van der Waals surface area contributed by atoms with Gasteiger partial charge in [-0.2, -0.15) is 0 Å². The van der Waals surface area contributed by atoms with Crippen LogP contribution in [0.15, 0.2) is 42.5 Å². The predicted molar refractivity (Wildman–Crippen MR) is 120 cm³/mol. The van der Waals surface area contributed by atoms with Gasteiger partial charge in [-0.15, -0.1) is 0 Å². The molecule has 1 saturated heterocycles. The fourth-order valence-electron chi connectivity index (χ4n) is 3.62. The number of ether oxygens (including phenoxy) is 3. The van der Waals surface area contributed by atoms with Gasteiger partial charge in [-0.3, -0.25) is 4.79 Å². The lowest BCUT2D eigenvalue weighted by Crippen LogP contribution is -2.36. The Labute approximate surface area is 179 Å². The van der Waals surface area contributed by atoms with E-state index < -0.39 is 0 Å². The third-order valence-electron chi connectivity index (χ3n) is 5.15. The molecule has 6 heteroatoms. The number of nitrogens with one attached hydrogen (secondary N) is 1. The van der Waals surface area contributed by atoms with Gasteiger partial charge in [-0.1, -0.05) is 37.3 Å². The second-order valence-corrected chi connectivity index (χ2v) is 7.35. The molecule has 1 fully saturated rings. The van der Waals surface area contributed by atoms with Gasteiger partial charge >= 0.3 is 0 Å². The monoisotopic (exact) mass is 412 g/mol. The molecule has 30 heavy (non-hydrogen) atoms. The molecule has 0 aromatic heterocycles. The molecule has 1 heterocycles. The minimum absolute atomic E-state index is 0.0473. The molecule has 1 atom stereocenters. The molecule has 0 saturated carbocycles. The number of carbonyl (C=O) groups is 1. The van der Waals surface area contributed by atoms with Crippen molar-refractivity contribution in [1.82, 2.24) is 0 Å². The predicted octanol–water partition coefficient (Wildman–Crippen LogP) is 4.45. The van der Waals surface area contributed by atoms with Crippen LogP contribution in [0.2, 0.25) is 0 Å². The van der Waals surface area contributed by atoms with E-state index >= 15 is 0 Å². The number of morpholine rings is 1. The molecular weight excluding hydrogens is 380 g/mol. The molecule has 0 radical (unpaired) electrons. The summed E-state index contributed by atoms with van der Waals surface area (Å²) in [6, 6.07) is 13.9. The summed E-state index contributed by atoms with van der Waals surface area (Å²) >= 11 is 0. The molecule has 162 valence electrons. The van der Waals surface area contributed by atoms with Crippen LogP contribution in [0.25, 0.3) is 0 Å². The van der Waals surface area contributed by atoms with Crippen LogP contribution in [0.4, 0.5) is 11.4 Å². The Balaban J connectivity index is 1.81. The zero-order chi connectivity index (χ0) is 21.3. The maximum Gasteiger partial charge on any atom is 0.225 e. The van der Waals surface area contributed by atoms with Crippen LogP contribution in [-0.4, -0.2) is 45.4 Å². The number of hydrogen-bond acceptors (Lipinski definition) is 5. The molecule has 6 nitrogen and oxygen atoms in total. The molecule has 3 rings (SSSR count). The van der Waals surface area contributed by atoms with Crippen LogP contribution in [0.5, 0.6) is 11.5 Å². The van der Waals surface area contributed by atoms with E-state index in [9.17, 15) is 4.79 Å². The van der Waals surface area contributed by atoms with Crippen molar-refractivity contribution in [2.24, 2.45) is 0 Å². The topological polar surface area (TPSA) is 60.0 Å². The fourth-order valence-corrected chi connectivity index (χ4v) is 3.62. The third-order valence-corrected chi connectivity index (χ3v) is 5.15. The summed E-state index contributed by atoms with van der Waals surface area (Å²) < 4.78 is 17.2. The number of benzene rings is 2. The van der Waals surface area contributed by atoms with Gasteiger partial charge in [0, 0.05) is 31.6 Å². The quantitative estimate of drug-likeness (QED) is 0.659. The molecule has 1 aliphatic heterocycles. The normalized spacial score (nSPS) is 14.8. The van der Waals surface area contributed by atoms with Crippen molar-refractivity contribution in [3.63, 3.8) is 0 Å². The summed E-state index contributed by atoms with van der Waals surface area (Å²) in [6.45, 7) is 9.98. The maximum atomic E-state index is 12.8.